The second-order valence-electron chi connectivity index (χ2n) is 3.99. The van der Waals surface area contributed by atoms with E-state index in [-0.39, 0.29) is 4.21 Å². The molecule has 0 saturated carbocycles. The summed E-state index contributed by atoms with van der Waals surface area (Å²) in [4.78, 5) is 13.2. The minimum absolute atomic E-state index is 0.224. The maximum atomic E-state index is 12.3. The van der Waals surface area contributed by atoms with Crippen LogP contribution in [-0.2, 0) is 10.0 Å². The van der Waals surface area contributed by atoms with Crippen LogP contribution in [0.1, 0.15) is 0 Å². The monoisotopic (exact) mass is 370 g/mol. The minimum atomic E-state index is -3.62. The van der Waals surface area contributed by atoms with Crippen LogP contribution < -0.4 is 4.72 Å². The van der Waals surface area contributed by atoms with Gasteiger partial charge in [-0.15, -0.1) is 22.7 Å². The first-order valence-corrected chi connectivity index (χ1v) is 10.4. The third-order valence-corrected chi connectivity index (χ3v) is 6.89. The molecule has 6 nitrogen and oxygen atoms in total. The van der Waals surface area contributed by atoms with Crippen LogP contribution in [0.25, 0.3) is 10.6 Å². The number of rotatable bonds is 5. The van der Waals surface area contributed by atoms with Crippen molar-refractivity contribution in [3.8, 4) is 10.6 Å². The fraction of sp³-hybridized carbons (Fsp3) is 0.0833. The van der Waals surface area contributed by atoms with Gasteiger partial charge in [-0.1, -0.05) is 11.8 Å². The molecule has 0 aromatic carbocycles. The smallest absolute Gasteiger partial charge is 0.254 e. The SMILES string of the molecule is CSc1nccc(-c2ccc(S(=O)(=O)Nc3nccs3)s2)n1. The maximum Gasteiger partial charge on any atom is 0.273 e. The molecule has 3 rings (SSSR count). The van der Waals surface area contributed by atoms with Gasteiger partial charge in [0, 0.05) is 17.8 Å². The van der Waals surface area contributed by atoms with Gasteiger partial charge in [0.2, 0.25) is 0 Å². The Kier molecular flexibility index (Phi) is 4.43. The first kappa shape index (κ1) is 15.4. The fourth-order valence-corrected chi connectivity index (χ4v) is 5.04. The van der Waals surface area contributed by atoms with Gasteiger partial charge in [0.15, 0.2) is 10.3 Å². The van der Waals surface area contributed by atoms with Crippen LogP contribution in [0.4, 0.5) is 5.13 Å². The number of nitrogens with one attached hydrogen (secondary N) is 1. The van der Waals surface area contributed by atoms with E-state index in [9.17, 15) is 8.42 Å². The van der Waals surface area contributed by atoms with Crippen LogP contribution in [0.2, 0.25) is 0 Å². The van der Waals surface area contributed by atoms with Gasteiger partial charge < -0.3 is 0 Å². The van der Waals surface area contributed by atoms with Crippen molar-refractivity contribution in [3.63, 3.8) is 0 Å². The fourth-order valence-electron chi connectivity index (χ4n) is 1.62. The molecule has 0 aliphatic carbocycles. The third kappa shape index (κ3) is 3.29. The zero-order valence-corrected chi connectivity index (χ0v) is 14.5. The van der Waals surface area contributed by atoms with E-state index in [1.165, 1.54) is 23.1 Å². The zero-order chi connectivity index (χ0) is 15.6. The van der Waals surface area contributed by atoms with Crippen molar-refractivity contribution in [2.75, 3.05) is 11.0 Å². The molecule has 0 aliphatic rings. The lowest BCUT2D eigenvalue weighted by Gasteiger charge is -2.01. The first-order chi connectivity index (χ1) is 10.6. The number of hydrogen-bond donors (Lipinski definition) is 1. The van der Waals surface area contributed by atoms with E-state index in [0.29, 0.717) is 16.0 Å². The Labute approximate surface area is 139 Å². The van der Waals surface area contributed by atoms with Crippen molar-refractivity contribution in [1.82, 2.24) is 15.0 Å². The summed E-state index contributed by atoms with van der Waals surface area (Å²) < 4.78 is 27.3. The third-order valence-electron chi connectivity index (χ3n) is 2.57. The molecule has 0 saturated heterocycles. The van der Waals surface area contributed by atoms with E-state index in [4.69, 9.17) is 0 Å². The van der Waals surface area contributed by atoms with Gasteiger partial charge in [-0.25, -0.2) is 23.4 Å². The molecule has 0 spiro atoms. The highest BCUT2D eigenvalue weighted by Crippen LogP contribution is 2.31. The number of thioether (sulfide) groups is 1. The van der Waals surface area contributed by atoms with Gasteiger partial charge in [0.1, 0.15) is 4.21 Å². The molecular weight excluding hydrogens is 360 g/mol. The lowest BCUT2D eigenvalue weighted by Crippen LogP contribution is -2.10. The highest BCUT2D eigenvalue weighted by Gasteiger charge is 2.19. The normalized spacial score (nSPS) is 11.5. The Morgan fingerprint density at radius 3 is 2.77 bits per heavy atom. The average molecular weight is 371 g/mol. The minimum Gasteiger partial charge on any atom is -0.254 e. The van der Waals surface area contributed by atoms with E-state index in [0.717, 1.165) is 16.2 Å². The van der Waals surface area contributed by atoms with Gasteiger partial charge in [-0.3, -0.25) is 4.72 Å². The van der Waals surface area contributed by atoms with Crippen molar-refractivity contribution in [3.05, 3.63) is 36.0 Å². The van der Waals surface area contributed by atoms with Gasteiger partial charge in [-0.05, 0) is 24.5 Å². The zero-order valence-electron chi connectivity index (χ0n) is 11.3. The molecule has 3 heterocycles. The second kappa shape index (κ2) is 6.32. The molecule has 1 N–H and O–H groups in total. The molecular formula is C12H10N4O2S4. The van der Waals surface area contributed by atoms with E-state index in [1.54, 1.807) is 36.0 Å². The van der Waals surface area contributed by atoms with Crippen molar-refractivity contribution in [2.24, 2.45) is 0 Å². The number of sulfonamides is 1. The average Bonchev–Trinajstić information content (AvgIpc) is 3.18. The van der Waals surface area contributed by atoms with Crippen molar-refractivity contribution < 1.29 is 8.42 Å². The van der Waals surface area contributed by atoms with Crippen molar-refractivity contribution >= 4 is 49.6 Å². The topological polar surface area (TPSA) is 84.8 Å². The summed E-state index contributed by atoms with van der Waals surface area (Å²) in [5, 5.41) is 2.71. The summed E-state index contributed by atoms with van der Waals surface area (Å²) in [6.07, 6.45) is 5.10. The Bertz CT molecular complexity index is 874. The lowest BCUT2D eigenvalue weighted by atomic mass is 10.3. The van der Waals surface area contributed by atoms with Crippen LogP contribution in [0.15, 0.2) is 45.3 Å². The van der Waals surface area contributed by atoms with E-state index in [1.807, 2.05) is 6.26 Å². The summed E-state index contributed by atoms with van der Waals surface area (Å²) >= 11 is 3.83. The van der Waals surface area contributed by atoms with E-state index in [2.05, 4.69) is 19.7 Å². The van der Waals surface area contributed by atoms with E-state index < -0.39 is 10.0 Å². The molecule has 3 aromatic heterocycles. The number of thiazole rings is 1. The van der Waals surface area contributed by atoms with E-state index >= 15 is 0 Å². The molecule has 0 atom stereocenters. The molecule has 3 aromatic rings. The summed E-state index contributed by atoms with van der Waals surface area (Å²) in [7, 11) is -3.62. The molecule has 0 radical (unpaired) electrons. The number of aromatic nitrogens is 3. The predicted molar refractivity (Wildman–Crippen MR) is 90.0 cm³/mol. The van der Waals surface area contributed by atoms with Crippen LogP contribution in [0.5, 0.6) is 0 Å². The molecule has 0 unspecified atom stereocenters. The number of thiophene rings is 1. The Balaban J connectivity index is 1.89. The van der Waals surface area contributed by atoms with Gasteiger partial charge >= 0.3 is 0 Å². The summed E-state index contributed by atoms with van der Waals surface area (Å²) in [6.45, 7) is 0. The molecule has 0 aliphatic heterocycles. The molecule has 0 fully saturated rings. The summed E-state index contributed by atoms with van der Waals surface area (Å²) in [5.41, 5.74) is 0.708. The molecule has 0 bridgehead atoms. The Morgan fingerprint density at radius 2 is 2.05 bits per heavy atom. The van der Waals surface area contributed by atoms with Gasteiger partial charge in [-0.2, -0.15) is 0 Å². The Morgan fingerprint density at radius 1 is 1.18 bits per heavy atom. The maximum absolute atomic E-state index is 12.3. The van der Waals surface area contributed by atoms with Crippen molar-refractivity contribution in [2.45, 2.75) is 9.37 Å². The van der Waals surface area contributed by atoms with Crippen LogP contribution >= 0.6 is 34.4 Å². The highest BCUT2D eigenvalue weighted by atomic mass is 32.2. The molecule has 10 heteroatoms. The van der Waals surface area contributed by atoms with Crippen LogP contribution in [0, 0.1) is 0 Å². The summed E-state index contributed by atoms with van der Waals surface area (Å²) in [5.74, 6) is 0. The first-order valence-electron chi connectivity index (χ1n) is 5.98. The summed E-state index contributed by atoms with van der Waals surface area (Å²) in [6, 6.07) is 5.07. The number of anilines is 1. The van der Waals surface area contributed by atoms with Crippen molar-refractivity contribution in [1.29, 1.82) is 0 Å². The standard InChI is InChI=1S/C12H10N4O2S4/c1-19-11-13-5-4-8(15-11)9-2-3-10(21-9)22(17,18)16-12-14-6-7-20-12/h2-7H,1H3,(H,14,16). The largest absolute Gasteiger partial charge is 0.273 e. The Hall–Kier alpha value is -1.49. The number of hydrogen-bond acceptors (Lipinski definition) is 8. The quantitative estimate of drug-likeness (QED) is 0.548. The molecule has 22 heavy (non-hydrogen) atoms. The molecule has 0 amide bonds. The predicted octanol–water partition coefficient (Wildman–Crippen LogP) is 3.18. The van der Waals surface area contributed by atoms with Crippen LogP contribution in [-0.4, -0.2) is 29.6 Å². The molecule has 114 valence electrons. The van der Waals surface area contributed by atoms with Crippen LogP contribution in [0.3, 0.4) is 0 Å². The highest BCUT2D eigenvalue weighted by molar-refractivity contribution is 7.98. The van der Waals surface area contributed by atoms with Gasteiger partial charge in [0.05, 0.1) is 10.6 Å². The lowest BCUT2D eigenvalue weighted by molar-refractivity contribution is 0.603. The number of nitrogens with zero attached hydrogens (tertiary/aromatic N) is 3. The second-order valence-corrected chi connectivity index (χ2v) is 8.65. The van der Waals surface area contributed by atoms with Gasteiger partial charge in [0.25, 0.3) is 10.0 Å².